The molecule has 2 N–H and O–H groups in total. The van der Waals surface area contributed by atoms with Crippen LogP contribution in [-0.4, -0.2) is 20.2 Å². The fourth-order valence-electron chi connectivity index (χ4n) is 2.04. The van der Waals surface area contributed by atoms with E-state index in [0.29, 0.717) is 6.61 Å². The molecule has 2 rings (SSSR count). The van der Waals surface area contributed by atoms with Crippen LogP contribution in [0.4, 0.5) is 11.4 Å². The molecular formula is C12H18N2O. The lowest BCUT2D eigenvalue weighted by Gasteiger charge is -2.26. The lowest BCUT2D eigenvalue weighted by molar-refractivity contribution is 0.197. The minimum atomic E-state index is 0.153. The first-order valence-electron chi connectivity index (χ1n) is 5.22. The number of rotatable bonds is 0. The zero-order valence-corrected chi connectivity index (χ0v) is 9.58. The molecule has 3 nitrogen and oxygen atoms in total. The highest BCUT2D eigenvalue weighted by molar-refractivity contribution is 5.70. The summed E-state index contributed by atoms with van der Waals surface area (Å²) >= 11 is 0. The van der Waals surface area contributed by atoms with Crippen molar-refractivity contribution in [2.75, 3.05) is 30.8 Å². The number of fused-ring (bicyclic) bond motifs is 1. The van der Waals surface area contributed by atoms with E-state index < -0.39 is 0 Å². The van der Waals surface area contributed by atoms with Crippen LogP contribution in [0.25, 0.3) is 0 Å². The van der Waals surface area contributed by atoms with Crippen molar-refractivity contribution >= 4 is 11.4 Å². The molecule has 0 radical (unpaired) electrons. The van der Waals surface area contributed by atoms with E-state index in [2.05, 4.69) is 25.8 Å². The maximum atomic E-state index is 5.91. The monoisotopic (exact) mass is 206 g/mol. The highest BCUT2D eigenvalue weighted by atomic mass is 16.5. The van der Waals surface area contributed by atoms with Crippen LogP contribution in [0.5, 0.6) is 5.75 Å². The van der Waals surface area contributed by atoms with Crippen LogP contribution in [0.2, 0.25) is 0 Å². The van der Waals surface area contributed by atoms with Gasteiger partial charge in [0.15, 0.2) is 5.75 Å². The lowest BCUT2D eigenvalue weighted by Crippen LogP contribution is -2.32. The Kier molecular flexibility index (Phi) is 2.25. The summed E-state index contributed by atoms with van der Waals surface area (Å²) in [5.41, 5.74) is 7.87. The van der Waals surface area contributed by atoms with Gasteiger partial charge in [0.25, 0.3) is 0 Å². The molecule has 0 amide bonds. The lowest BCUT2D eigenvalue weighted by atomic mass is 9.94. The average molecular weight is 206 g/mol. The van der Waals surface area contributed by atoms with Crippen molar-refractivity contribution < 1.29 is 4.74 Å². The van der Waals surface area contributed by atoms with Gasteiger partial charge in [-0.15, -0.1) is 0 Å². The summed E-state index contributed by atoms with van der Waals surface area (Å²) < 4.78 is 5.80. The summed E-state index contributed by atoms with van der Waals surface area (Å²) in [6, 6.07) is 5.89. The topological polar surface area (TPSA) is 38.5 Å². The molecule has 0 saturated heterocycles. The average Bonchev–Trinajstić information content (AvgIpc) is 2.25. The van der Waals surface area contributed by atoms with Crippen LogP contribution in [0.15, 0.2) is 18.2 Å². The Hall–Kier alpha value is -1.38. The number of para-hydroxylation sites is 1. The van der Waals surface area contributed by atoms with Crippen molar-refractivity contribution in [1.82, 2.24) is 0 Å². The molecule has 0 saturated carbocycles. The van der Waals surface area contributed by atoms with Gasteiger partial charge >= 0.3 is 0 Å². The van der Waals surface area contributed by atoms with Gasteiger partial charge in [0.1, 0.15) is 0 Å². The molecule has 1 aliphatic rings. The Morgan fingerprint density at radius 2 is 2.13 bits per heavy atom. The zero-order valence-electron chi connectivity index (χ0n) is 9.58. The fraction of sp³-hybridized carbons (Fsp3) is 0.500. The summed E-state index contributed by atoms with van der Waals surface area (Å²) in [6.45, 7) is 6.08. The summed E-state index contributed by atoms with van der Waals surface area (Å²) in [7, 11) is 2.08. The van der Waals surface area contributed by atoms with Gasteiger partial charge in [-0.3, -0.25) is 0 Å². The molecule has 82 valence electrons. The smallest absolute Gasteiger partial charge is 0.165 e. The molecule has 0 aromatic heterocycles. The summed E-state index contributed by atoms with van der Waals surface area (Å²) in [5.74, 6) is 0.825. The molecule has 0 spiro atoms. The second-order valence-corrected chi connectivity index (χ2v) is 5.00. The third kappa shape index (κ3) is 1.87. The molecule has 15 heavy (non-hydrogen) atoms. The summed E-state index contributed by atoms with van der Waals surface area (Å²) in [5, 5.41) is 0. The van der Waals surface area contributed by atoms with Crippen LogP contribution in [0, 0.1) is 5.41 Å². The number of ether oxygens (including phenoxy) is 1. The summed E-state index contributed by atoms with van der Waals surface area (Å²) in [4.78, 5) is 2.21. The van der Waals surface area contributed by atoms with E-state index in [-0.39, 0.29) is 5.41 Å². The second kappa shape index (κ2) is 3.33. The standard InChI is InChI=1S/C12H18N2O/c1-12(2)7-14(3)10-6-4-5-9(13)11(10)15-8-12/h4-6H,7-8,13H2,1-3H3. The van der Waals surface area contributed by atoms with Crippen molar-refractivity contribution in [2.45, 2.75) is 13.8 Å². The van der Waals surface area contributed by atoms with Gasteiger partial charge in [-0.25, -0.2) is 0 Å². The fourth-order valence-corrected chi connectivity index (χ4v) is 2.04. The summed E-state index contributed by atoms with van der Waals surface area (Å²) in [6.07, 6.45) is 0. The maximum absolute atomic E-state index is 5.91. The Morgan fingerprint density at radius 1 is 1.40 bits per heavy atom. The molecular weight excluding hydrogens is 188 g/mol. The van der Waals surface area contributed by atoms with E-state index in [0.717, 1.165) is 23.7 Å². The molecule has 1 aliphatic heterocycles. The number of hydrogen-bond donors (Lipinski definition) is 1. The SMILES string of the molecule is CN1CC(C)(C)COc2c(N)cccc21. The van der Waals surface area contributed by atoms with Crippen molar-refractivity contribution in [3.63, 3.8) is 0 Å². The Morgan fingerprint density at radius 3 is 2.87 bits per heavy atom. The molecule has 0 atom stereocenters. The minimum absolute atomic E-state index is 0.153. The van der Waals surface area contributed by atoms with E-state index in [1.165, 1.54) is 0 Å². The molecule has 1 aromatic carbocycles. The van der Waals surface area contributed by atoms with Gasteiger partial charge in [-0.2, -0.15) is 0 Å². The van der Waals surface area contributed by atoms with Crippen molar-refractivity contribution in [1.29, 1.82) is 0 Å². The van der Waals surface area contributed by atoms with E-state index in [9.17, 15) is 0 Å². The van der Waals surface area contributed by atoms with Crippen LogP contribution in [0.3, 0.4) is 0 Å². The molecule has 0 unspecified atom stereocenters. The Bertz CT molecular complexity index is 374. The quantitative estimate of drug-likeness (QED) is 0.661. The second-order valence-electron chi connectivity index (χ2n) is 5.00. The predicted molar refractivity (Wildman–Crippen MR) is 63.4 cm³/mol. The molecule has 0 fully saturated rings. The van der Waals surface area contributed by atoms with Crippen LogP contribution >= 0.6 is 0 Å². The number of nitrogens with two attached hydrogens (primary N) is 1. The molecule has 0 aliphatic carbocycles. The van der Waals surface area contributed by atoms with Gasteiger partial charge in [-0.1, -0.05) is 19.9 Å². The van der Waals surface area contributed by atoms with Gasteiger partial charge in [0, 0.05) is 19.0 Å². The highest BCUT2D eigenvalue weighted by Crippen LogP contribution is 2.38. The molecule has 3 heteroatoms. The van der Waals surface area contributed by atoms with Gasteiger partial charge < -0.3 is 15.4 Å². The van der Waals surface area contributed by atoms with Gasteiger partial charge in [-0.05, 0) is 12.1 Å². The predicted octanol–water partition coefficient (Wildman–Crippen LogP) is 2.12. The van der Waals surface area contributed by atoms with Gasteiger partial charge in [0.2, 0.25) is 0 Å². The first-order chi connectivity index (χ1) is 6.99. The number of nitrogen functional groups attached to an aromatic ring is 1. The number of nitrogens with zero attached hydrogens (tertiary/aromatic N) is 1. The Balaban J connectivity index is 2.44. The normalized spacial score (nSPS) is 19.0. The van der Waals surface area contributed by atoms with E-state index in [1.54, 1.807) is 0 Å². The van der Waals surface area contributed by atoms with E-state index >= 15 is 0 Å². The third-order valence-electron chi connectivity index (χ3n) is 2.71. The van der Waals surface area contributed by atoms with Crippen LogP contribution < -0.4 is 15.4 Å². The number of hydrogen-bond acceptors (Lipinski definition) is 3. The van der Waals surface area contributed by atoms with Crippen LogP contribution in [0.1, 0.15) is 13.8 Å². The number of benzene rings is 1. The Labute approximate surface area is 90.8 Å². The molecule has 0 bridgehead atoms. The third-order valence-corrected chi connectivity index (χ3v) is 2.71. The first-order valence-corrected chi connectivity index (χ1v) is 5.22. The maximum Gasteiger partial charge on any atom is 0.165 e. The van der Waals surface area contributed by atoms with Crippen molar-refractivity contribution in [3.05, 3.63) is 18.2 Å². The van der Waals surface area contributed by atoms with E-state index in [1.807, 2.05) is 18.2 Å². The molecule has 1 aromatic rings. The molecule has 1 heterocycles. The highest BCUT2D eigenvalue weighted by Gasteiger charge is 2.27. The zero-order chi connectivity index (χ0) is 11.1. The largest absolute Gasteiger partial charge is 0.489 e. The minimum Gasteiger partial charge on any atom is -0.489 e. The van der Waals surface area contributed by atoms with Crippen molar-refractivity contribution in [3.8, 4) is 5.75 Å². The van der Waals surface area contributed by atoms with Gasteiger partial charge in [0.05, 0.1) is 18.0 Å². The van der Waals surface area contributed by atoms with Crippen molar-refractivity contribution in [2.24, 2.45) is 5.41 Å². The van der Waals surface area contributed by atoms with E-state index in [4.69, 9.17) is 10.5 Å². The number of anilines is 2. The van der Waals surface area contributed by atoms with Crippen LogP contribution in [-0.2, 0) is 0 Å². The first kappa shape index (κ1) is 10.1.